The van der Waals surface area contributed by atoms with Gasteiger partial charge in [0.2, 0.25) is 0 Å². The van der Waals surface area contributed by atoms with Crippen LogP contribution in [0.25, 0.3) is 0 Å². The normalized spacial score (nSPS) is 6.17. The van der Waals surface area contributed by atoms with Crippen molar-refractivity contribution in [3.05, 3.63) is 0 Å². The first-order valence-electron chi connectivity index (χ1n) is 1.76. The molecule has 0 atom stereocenters. The van der Waals surface area contributed by atoms with E-state index in [4.69, 9.17) is 0 Å². The van der Waals surface area contributed by atoms with Crippen LogP contribution >= 0.6 is 0 Å². The van der Waals surface area contributed by atoms with E-state index in [1.807, 2.05) is 6.92 Å². The van der Waals surface area contributed by atoms with E-state index in [9.17, 15) is 4.79 Å². The second-order valence-corrected chi connectivity index (χ2v) is 0.894. The van der Waals surface area contributed by atoms with Crippen molar-refractivity contribution in [1.82, 2.24) is 0 Å². The molecule has 0 saturated carbocycles. The molecule has 1 nitrogen and oxygen atoms in total. The second-order valence-electron chi connectivity index (χ2n) is 0.894. The number of hydrogen-bond donors (Lipinski definition) is 0. The number of carbonyl (C=O) groups excluding carboxylic acids is 1. The van der Waals surface area contributed by atoms with E-state index in [2.05, 4.69) is 0 Å². The van der Waals surface area contributed by atoms with Crippen molar-refractivity contribution < 1.29 is 4.79 Å². The van der Waals surface area contributed by atoms with Crippen molar-refractivity contribution in [2.75, 3.05) is 0 Å². The van der Waals surface area contributed by atoms with E-state index in [0.717, 1.165) is 6.42 Å². The van der Waals surface area contributed by atoms with E-state index in [1.54, 1.807) is 6.29 Å². The minimum absolute atomic E-state index is 0. The predicted octanol–water partition coefficient (Wildman–Crippen LogP) is -0.555. The molecule has 0 spiro atoms. The van der Waals surface area contributed by atoms with Crippen LogP contribution < -0.4 is 0 Å². The quantitative estimate of drug-likeness (QED) is 0.479. The van der Waals surface area contributed by atoms with Crippen LogP contribution in [0.1, 0.15) is 19.8 Å². The molecular weight excluding hydrogens is 137 g/mol. The van der Waals surface area contributed by atoms with Crippen LogP contribution in [0.15, 0.2) is 0 Å². The van der Waals surface area contributed by atoms with Crippen LogP contribution in [0, 0.1) is 0 Å². The summed E-state index contributed by atoms with van der Waals surface area (Å²) in [6.45, 7) is 1.95. The zero-order valence-electron chi connectivity index (χ0n) is 3.32. The van der Waals surface area contributed by atoms with Gasteiger partial charge in [-0.05, 0) is 6.42 Å². The fourth-order valence-corrected chi connectivity index (χ4v) is 0.102. The average Bonchev–Trinajstić information content (AvgIpc) is 1.41. The van der Waals surface area contributed by atoms with Crippen molar-refractivity contribution in [3.63, 3.8) is 0 Å². The van der Waals surface area contributed by atoms with Crippen molar-refractivity contribution in [1.29, 1.82) is 0 Å². The summed E-state index contributed by atoms with van der Waals surface area (Å²) in [5.41, 5.74) is 0. The van der Waals surface area contributed by atoms with Gasteiger partial charge in [0.1, 0.15) is 0 Å². The first-order chi connectivity index (χ1) is 2.41. The van der Waals surface area contributed by atoms with Gasteiger partial charge in [-0.25, -0.2) is 0 Å². The van der Waals surface area contributed by atoms with Gasteiger partial charge < -0.3 is 0 Å². The van der Waals surface area contributed by atoms with E-state index in [-0.39, 0.29) is 17.6 Å². The minimum atomic E-state index is 0. The molecule has 0 rings (SSSR count). The van der Waals surface area contributed by atoms with Gasteiger partial charge in [0.05, 0.1) is 0 Å². The molecule has 2 heteroatoms. The molecule has 0 amide bonds. The summed E-state index contributed by atoms with van der Waals surface area (Å²) in [7, 11) is 0. The summed E-state index contributed by atoms with van der Waals surface area (Å²) in [6.07, 6.45) is 3.27. The van der Waals surface area contributed by atoms with Crippen molar-refractivity contribution in [3.8, 4) is 0 Å². The monoisotopic (exact) mass is 149 g/mol. The predicted molar refractivity (Wildman–Crippen MR) is 31.9 cm³/mol. The Balaban J connectivity index is 0. The molecule has 37 valence electrons. The van der Waals surface area contributed by atoms with Crippen LogP contribution in [0.4, 0.5) is 0 Å². The third-order valence-corrected chi connectivity index (χ3v) is 0.352. The fourth-order valence-electron chi connectivity index (χ4n) is 0.102. The standard InChI is InChI=1S/C4H7O.GeH4/c1-2-3-4-5;/h2-3H2,1H3;1H4. The molecule has 1 radical (unpaired) electrons. The Morgan fingerprint density at radius 3 is 2.17 bits per heavy atom. The Kier molecular flexibility index (Phi) is 14.2. The van der Waals surface area contributed by atoms with Gasteiger partial charge in [0.25, 0.3) is 0 Å². The van der Waals surface area contributed by atoms with E-state index < -0.39 is 0 Å². The summed E-state index contributed by atoms with van der Waals surface area (Å²) in [6, 6.07) is 0. The van der Waals surface area contributed by atoms with Crippen LogP contribution in [0.3, 0.4) is 0 Å². The van der Waals surface area contributed by atoms with Gasteiger partial charge in [0, 0.05) is 6.42 Å². The van der Waals surface area contributed by atoms with Crippen LogP contribution in [0.2, 0.25) is 0 Å². The Morgan fingerprint density at radius 2 is 2.17 bits per heavy atom. The summed E-state index contributed by atoms with van der Waals surface area (Å²) in [5, 5.41) is 0. The van der Waals surface area contributed by atoms with Crippen LogP contribution in [-0.2, 0) is 4.79 Å². The molecule has 0 aromatic rings. The molecule has 0 aliphatic carbocycles. The van der Waals surface area contributed by atoms with Gasteiger partial charge in [-0.1, -0.05) is 6.92 Å². The topological polar surface area (TPSA) is 17.1 Å². The Hall–Kier alpha value is 0.213. The molecule has 0 heterocycles. The van der Waals surface area contributed by atoms with Crippen LogP contribution in [-0.4, -0.2) is 23.9 Å². The Bertz CT molecular complexity index is 28.7. The fraction of sp³-hybridized carbons (Fsp3) is 0.750. The SMILES string of the molecule is CCC[C]=O.[GeH4]. The van der Waals surface area contributed by atoms with Crippen molar-refractivity contribution >= 4 is 23.9 Å². The van der Waals surface area contributed by atoms with Crippen molar-refractivity contribution in [2.45, 2.75) is 19.8 Å². The first kappa shape index (κ1) is 9.51. The third-order valence-electron chi connectivity index (χ3n) is 0.352. The number of hydrogen-bond acceptors (Lipinski definition) is 1. The average molecular weight is 148 g/mol. The molecule has 0 unspecified atom stereocenters. The van der Waals surface area contributed by atoms with Gasteiger partial charge in [-0.15, -0.1) is 0 Å². The Morgan fingerprint density at radius 1 is 1.67 bits per heavy atom. The zero-order valence-corrected chi connectivity index (χ0v) is 3.32. The van der Waals surface area contributed by atoms with Gasteiger partial charge in [0.15, 0.2) is 6.29 Å². The van der Waals surface area contributed by atoms with Gasteiger partial charge in [-0.3, -0.25) is 4.79 Å². The second kappa shape index (κ2) is 8.96. The molecule has 0 N–H and O–H groups in total. The van der Waals surface area contributed by atoms with E-state index >= 15 is 0 Å². The molecule has 0 bridgehead atoms. The summed E-state index contributed by atoms with van der Waals surface area (Å²) < 4.78 is 0. The molecule has 0 aliphatic heterocycles. The maximum absolute atomic E-state index is 9.28. The molecule has 0 aliphatic rings. The molecule has 0 aromatic heterocycles. The van der Waals surface area contributed by atoms with Crippen molar-refractivity contribution in [2.24, 2.45) is 0 Å². The van der Waals surface area contributed by atoms with Gasteiger partial charge >= 0.3 is 17.6 Å². The molecule has 0 aromatic carbocycles. The molecular formula is C4H11GeO. The summed E-state index contributed by atoms with van der Waals surface area (Å²) in [5.74, 6) is 0. The molecule has 6 heavy (non-hydrogen) atoms. The molecule has 0 saturated heterocycles. The van der Waals surface area contributed by atoms with Gasteiger partial charge in [-0.2, -0.15) is 0 Å². The van der Waals surface area contributed by atoms with E-state index in [1.165, 1.54) is 0 Å². The number of unbranched alkanes of at least 4 members (excludes halogenated alkanes) is 1. The van der Waals surface area contributed by atoms with E-state index in [0.29, 0.717) is 6.42 Å². The maximum atomic E-state index is 9.28. The molecule has 0 fully saturated rings. The van der Waals surface area contributed by atoms with Crippen LogP contribution in [0.5, 0.6) is 0 Å². The first-order valence-corrected chi connectivity index (χ1v) is 1.76. The number of rotatable bonds is 2. The summed E-state index contributed by atoms with van der Waals surface area (Å²) in [4.78, 5) is 9.28. The summed E-state index contributed by atoms with van der Waals surface area (Å²) >= 11 is 0. The third kappa shape index (κ3) is 8.88. The Labute approximate surface area is 49.1 Å². The zero-order chi connectivity index (χ0) is 4.12.